The zero-order valence-electron chi connectivity index (χ0n) is 11.1. The van der Waals surface area contributed by atoms with Gasteiger partial charge in [-0.2, -0.15) is 0 Å². The van der Waals surface area contributed by atoms with E-state index in [4.69, 9.17) is 11.6 Å². The van der Waals surface area contributed by atoms with Crippen LogP contribution in [0.5, 0.6) is 0 Å². The molecule has 1 aromatic heterocycles. The predicted octanol–water partition coefficient (Wildman–Crippen LogP) is 4.30. The molecule has 0 saturated carbocycles. The number of aromatic nitrogens is 1. The van der Waals surface area contributed by atoms with Crippen molar-refractivity contribution in [1.29, 1.82) is 0 Å². The molecule has 1 aromatic carbocycles. The summed E-state index contributed by atoms with van der Waals surface area (Å²) in [5.41, 5.74) is 2.39. The van der Waals surface area contributed by atoms with Crippen molar-refractivity contribution in [2.75, 3.05) is 6.54 Å². The summed E-state index contributed by atoms with van der Waals surface area (Å²) in [6.45, 7) is 6.01. The Bertz CT molecular complexity index is 558. The topological polar surface area (TPSA) is 24.9 Å². The molecular weight excluding hydrogens is 276 g/mol. The van der Waals surface area contributed by atoms with E-state index >= 15 is 0 Å². The normalized spacial score (nSPS) is 10.7. The molecule has 1 N–H and O–H groups in total. The minimum Gasteiger partial charge on any atom is -0.313 e. The first-order valence-electron chi connectivity index (χ1n) is 6.29. The number of hydrogen-bond donors (Lipinski definition) is 1. The van der Waals surface area contributed by atoms with Gasteiger partial charge >= 0.3 is 0 Å². The molecule has 0 saturated heterocycles. The lowest BCUT2D eigenvalue weighted by Gasteiger charge is -2.08. The summed E-state index contributed by atoms with van der Waals surface area (Å²) in [7, 11) is 0. The maximum atomic E-state index is 6.17. The third-order valence-electron chi connectivity index (χ3n) is 2.71. The third-order valence-corrected chi connectivity index (χ3v) is 4.35. The SMILES string of the molecule is CCNCc1cnc(Sc2ccccc2Cl)c(C)c1. The number of nitrogens with one attached hydrogen (secondary N) is 1. The molecule has 4 heteroatoms. The lowest BCUT2D eigenvalue weighted by molar-refractivity contribution is 0.721. The van der Waals surface area contributed by atoms with Crippen molar-refractivity contribution < 1.29 is 0 Å². The van der Waals surface area contributed by atoms with E-state index in [1.807, 2.05) is 30.5 Å². The zero-order valence-corrected chi connectivity index (χ0v) is 12.7. The zero-order chi connectivity index (χ0) is 13.7. The summed E-state index contributed by atoms with van der Waals surface area (Å²) < 4.78 is 0. The molecular formula is C15H17ClN2S. The van der Waals surface area contributed by atoms with Crippen LogP contribution in [0.25, 0.3) is 0 Å². The summed E-state index contributed by atoms with van der Waals surface area (Å²) in [5.74, 6) is 0. The van der Waals surface area contributed by atoms with Gasteiger partial charge in [-0.3, -0.25) is 0 Å². The van der Waals surface area contributed by atoms with Gasteiger partial charge in [0.05, 0.1) is 5.02 Å². The van der Waals surface area contributed by atoms with Crippen LogP contribution in [-0.4, -0.2) is 11.5 Å². The summed E-state index contributed by atoms with van der Waals surface area (Å²) >= 11 is 7.78. The number of halogens is 1. The highest BCUT2D eigenvalue weighted by Gasteiger charge is 2.06. The Kier molecular flexibility index (Phi) is 5.25. The van der Waals surface area contributed by atoms with Crippen LogP contribution < -0.4 is 5.32 Å². The quantitative estimate of drug-likeness (QED) is 0.889. The summed E-state index contributed by atoms with van der Waals surface area (Å²) in [6.07, 6.45) is 1.93. The fourth-order valence-electron chi connectivity index (χ4n) is 1.72. The number of nitrogens with zero attached hydrogens (tertiary/aromatic N) is 1. The highest BCUT2D eigenvalue weighted by molar-refractivity contribution is 7.99. The maximum Gasteiger partial charge on any atom is 0.104 e. The number of hydrogen-bond acceptors (Lipinski definition) is 3. The molecule has 19 heavy (non-hydrogen) atoms. The van der Waals surface area contributed by atoms with Crippen LogP contribution in [-0.2, 0) is 6.54 Å². The van der Waals surface area contributed by atoms with E-state index in [9.17, 15) is 0 Å². The van der Waals surface area contributed by atoms with Crippen LogP contribution in [0.4, 0.5) is 0 Å². The Hall–Kier alpha value is -1.03. The molecule has 0 aliphatic heterocycles. The molecule has 0 amide bonds. The van der Waals surface area contributed by atoms with Gasteiger partial charge < -0.3 is 5.32 Å². The minimum absolute atomic E-state index is 0.769. The van der Waals surface area contributed by atoms with Crippen LogP contribution >= 0.6 is 23.4 Å². The van der Waals surface area contributed by atoms with Crippen LogP contribution in [0.1, 0.15) is 18.1 Å². The standard InChI is InChI=1S/C15H17ClN2S/c1-3-17-9-12-8-11(2)15(18-10-12)19-14-7-5-4-6-13(14)16/h4-8,10,17H,3,9H2,1-2H3. The Morgan fingerprint density at radius 1 is 1.32 bits per heavy atom. The van der Waals surface area contributed by atoms with Crippen molar-refractivity contribution >= 4 is 23.4 Å². The molecule has 2 aromatic rings. The molecule has 0 atom stereocenters. The van der Waals surface area contributed by atoms with Crippen LogP contribution in [0.2, 0.25) is 5.02 Å². The fraction of sp³-hybridized carbons (Fsp3) is 0.267. The molecule has 100 valence electrons. The Morgan fingerprint density at radius 3 is 2.79 bits per heavy atom. The van der Waals surface area contributed by atoms with Gasteiger partial charge in [-0.15, -0.1) is 0 Å². The van der Waals surface area contributed by atoms with E-state index in [-0.39, 0.29) is 0 Å². The highest BCUT2D eigenvalue weighted by Crippen LogP contribution is 2.33. The molecule has 0 aliphatic carbocycles. The molecule has 2 nitrogen and oxygen atoms in total. The van der Waals surface area contributed by atoms with Gasteiger partial charge in [0.15, 0.2) is 0 Å². The molecule has 0 fully saturated rings. The smallest absolute Gasteiger partial charge is 0.104 e. The first-order valence-corrected chi connectivity index (χ1v) is 7.48. The number of aryl methyl sites for hydroxylation is 1. The second-order valence-corrected chi connectivity index (χ2v) is 5.72. The van der Waals surface area contributed by atoms with Crippen molar-refractivity contribution in [1.82, 2.24) is 10.3 Å². The first kappa shape index (κ1) is 14.4. The van der Waals surface area contributed by atoms with Gasteiger partial charge in [-0.05, 0) is 36.7 Å². The van der Waals surface area contributed by atoms with E-state index in [1.165, 1.54) is 11.1 Å². The average Bonchev–Trinajstić information content (AvgIpc) is 2.41. The Balaban J connectivity index is 2.15. The highest BCUT2D eigenvalue weighted by atomic mass is 35.5. The van der Waals surface area contributed by atoms with Crippen LogP contribution in [0.3, 0.4) is 0 Å². The van der Waals surface area contributed by atoms with Gasteiger partial charge in [-0.25, -0.2) is 4.98 Å². The summed E-state index contributed by atoms with van der Waals surface area (Å²) in [6, 6.07) is 10.0. The predicted molar refractivity (Wildman–Crippen MR) is 81.9 cm³/mol. The van der Waals surface area contributed by atoms with Crippen molar-refractivity contribution in [2.24, 2.45) is 0 Å². The van der Waals surface area contributed by atoms with E-state index < -0.39 is 0 Å². The van der Waals surface area contributed by atoms with E-state index in [0.29, 0.717) is 0 Å². The van der Waals surface area contributed by atoms with Crippen molar-refractivity contribution in [3.8, 4) is 0 Å². The summed E-state index contributed by atoms with van der Waals surface area (Å²) in [5, 5.41) is 5.08. The summed E-state index contributed by atoms with van der Waals surface area (Å²) in [4.78, 5) is 5.57. The Morgan fingerprint density at radius 2 is 2.11 bits per heavy atom. The molecule has 0 spiro atoms. The van der Waals surface area contributed by atoms with Gasteiger partial charge in [0.25, 0.3) is 0 Å². The monoisotopic (exact) mass is 292 g/mol. The number of pyridine rings is 1. The molecule has 0 aliphatic rings. The molecule has 2 rings (SSSR count). The fourth-order valence-corrected chi connectivity index (χ4v) is 2.82. The Labute approximate surface area is 123 Å². The number of rotatable bonds is 5. The maximum absolute atomic E-state index is 6.17. The van der Waals surface area contributed by atoms with Gasteiger partial charge in [0.2, 0.25) is 0 Å². The van der Waals surface area contributed by atoms with Crippen LogP contribution in [0, 0.1) is 6.92 Å². The van der Waals surface area contributed by atoms with Crippen molar-refractivity contribution in [2.45, 2.75) is 30.3 Å². The molecule has 1 heterocycles. The number of benzene rings is 1. The second kappa shape index (κ2) is 6.94. The molecule has 0 bridgehead atoms. The van der Waals surface area contributed by atoms with E-state index in [2.05, 4.69) is 30.2 Å². The van der Waals surface area contributed by atoms with Gasteiger partial charge in [-0.1, -0.05) is 48.5 Å². The molecule has 0 unspecified atom stereocenters. The van der Waals surface area contributed by atoms with E-state index in [0.717, 1.165) is 28.0 Å². The minimum atomic E-state index is 0.769. The molecule has 0 radical (unpaired) electrons. The largest absolute Gasteiger partial charge is 0.313 e. The second-order valence-electron chi connectivity index (χ2n) is 4.28. The van der Waals surface area contributed by atoms with Crippen molar-refractivity contribution in [3.63, 3.8) is 0 Å². The van der Waals surface area contributed by atoms with Gasteiger partial charge in [0.1, 0.15) is 5.03 Å². The van der Waals surface area contributed by atoms with Crippen molar-refractivity contribution in [3.05, 3.63) is 52.7 Å². The lowest BCUT2D eigenvalue weighted by atomic mass is 10.2. The average molecular weight is 293 g/mol. The van der Waals surface area contributed by atoms with Crippen LogP contribution in [0.15, 0.2) is 46.5 Å². The van der Waals surface area contributed by atoms with E-state index in [1.54, 1.807) is 11.8 Å². The lowest BCUT2D eigenvalue weighted by Crippen LogP contribution is -2.12. The van der Waals surface area contributed by atoms with Gasteiger partial charge in [0, 0.05) is 17.6 Å². The first-order chi connectivity index (χ1) is 9.20. The third kappa shape index (κ3) is 3.96.